The van der Waals surface area contributed by atoms with Gasteiger partial charge in [-0.25, -0.2) is 13.2 Å². The first kappa shape index (κ1) is 16.8. The predicted molar refractivity (Wildman–Crippen MR) is 70.9 cm³/mol. The fraction of sp³-hybridized carbons (Fsp3) is 0.400. The second kappa shape index (κ2) is 5.51. The van der Waals surface area contributed by atoms with E-state index in [0.717, 1.165) is 4.68 Å². The highest BCUT2D eigenvalue weighted by atomic mass is 19.4. The van der Waals surface area contributed by atoms with Crippen LogP contribution in [0.3, 0.4) is 0 Å². The Bertz CT molecular complexity index is 768. The van der Waals surface area contributed by atoms with Crippen LogP contribution < -0.4 is 0 Å². The number of fused-ring (bicyclic) bond motifs is 1. The standard InChI is InChI=1S/C15H12F6N2O/c16-9-3-1-2-8(6-9)4-5-23-10-7-14(17,18)13(24)11(10)12(22-23)15(19,20)21/h1-3,6,13,24H,4-5,7H2. The number of alkyl halides is 5. The number of aryl methyl sites for hydroxylation is 2. The summed E-state index contributed by atoms with van der Waals surface area (Å²) in [7, 11) is 0. The smallest absolute Gasteiger partial charge is 0.382 e. The quantitative estimate of drug-likeness (QED) is 0.861. The lowest BCUT2D eigenvalue weighted by Crippen LogP contribution is -2.25. The van der Waals surface area contributed by atoms with Crippen LogP contribution in [0.5, 0.6) is 0 Å². The van der Waals surface area contributed by atoms with Gasteiger partial charge < -0.3 is 5.11 Å². The molecule has 1 aliphatic rings. The van der Waals surface area contributed by atoms with Crippen molar-refractivity contribution < 1.29 is 31.4 Å². The molecule has 1 aliphatic carbocycles. The third-order valence-corrected chi connectivity index (χ3v) is 3.94. The van der Waals surface area contributed by atoms with E-state index >= 15 is 0 Å². The van der Waals surface area contributed by atoms with Gasteiger partial charge in [0.2, 0.25) is 0 Å². The molecule has 0 spiro atoms. The van der Waals surface area contributed by atoms with E-state index in [1.807, 2.05) is 0 Å². The van der Waals surface area contributed by atoms with Gasteiger partial charge in [0, 0.05) is 12.1 Å². The van der Waals surface area contributed by atoms with E-state index in [2.05, 4.69) is 5.10 Å². The Balaban J connectivity index is 1.94. The van der Waals surface area contributed by atoms with Gasteiger partial charge in [-0.2, -0.15) is 18.3 Å². The molecule has 3 nitrogen and oxygen atoms in total. The van der Waals surface area contributed by atoms with Gasteiger partial charge in [0.1, 0.15) is 11.9 Å². The number of aliphatic hydroxyl groups is 1. The largest absolute Gasteiger partial charge is 0.435 e. The number of rotatable bonds is 3. The second-order valence-corrected chi connectivity index (χ2v) is 5.65. The molecule has 1 unspecified atom stereocenters. The zero-order valence-electron chi connectivity index (χ0n) is 12.1. The van der Waals surface area contributed by atoms with Crippen molar-refractivity contribution in [3.8, 4) is 0 Å². The summed E-state index contributed by atoms with van der Waals surface area (Å²) in [6, 6.07) is 5.43. The minimum absolute atomic E-state index is 0.116. The lowest BCUT2D eigenvalue weighted by atomic mass is 10.1. The van der Waals surface area contributed by atoms with E-state index in [4.69, 9.17) is 0 Å². The van der Waals surface area contributed by atoms with Crippen molar-refractivity contribution in [3.05, 3.63) is 52.6 Å². The molecule has 130 valence electrons. The number of halogens is 6. The molecule has 1 atom stereocenters. The fourth-order valence-corrected chi connectivity index (χ4v) is 2.84. The Labute approximate surface area is 132 Å². The maximum atomic E-state index is 13.6. The van der Waals surface area contributed by atoms with Gasteiger partial charge >= 0.3 is 6.18 Å². The maximum absolute atomic E-state index is 13.6. The number of nitrogens with zero attached hydrogens (tertiary/aromatic N) is 2. The molecule has 0 radical (unpaired) electrons. The molecular weight excluding hydrogens is 338 g/mol. The van der Waals surface area contributed by atoms with Crippen molar-refractivity contribution in [2.24, 2.45) is 0 Å². The van der Waals surface area contributed by atoms with Gasteiger partial charge in [0.05, 0.1) is 12.1 Å². The average Bonchev–Trinajstić information content (AvgIpc) is 2.92. The SMILES string of the molecule is OC1c2c(C(F)(F)F)nn(CCc3cccc(F)c3)c2CC1(F)F. The van der Waals surface area contributed by atoms with E-state index < -0.39 is 41.7 Å². The Hall–Kier alpha value is -2.03. The van der Waals surface area contributed by atoms with E-state index in [1.165, 1.54) is 18.2 Å². The normalized spacial score (nSPS) is 19.5. The van der Waals surface area contributed by atoms with Crippen molar-refractivity contribution in [1.29, 1.82) is 0 Å². The van der Waals surface area contributed by atoms with Gasteiger partial charge in [0.15, 0.2) is 5.69 Å². The number of aromatic nitrogens is 2. The minimum atomic E-state index is -4.95. The van der Waals surface area contributed by atoms with Crippen LogP contribution in [0.15, 0.2) is 24.3 Å². The Kier molecular flexibility index (Phi) is 3.86. The van der Waals surface area contributed by atoms with E-state index in [9.17, 15) is 31.4 Å². The van der Waals surface area contributed by atoms with E-state index in [0.29, 0.717) is 5.56 Å². The fourth-order valence-electron chi connectivity index (χ4n) is 2.84. The van der Waals surface area contributed by atoms with Crippen LogP contribution in [0, 0.1) is 5.82 Å². The first-order valence-electron chi connectivity index (χ1n) is 7.06. The zero-order valence-corrected chi connectivity index (χ0v) is 12.1. The third kappa shape index (κ3) is 2.88. The van der Waals surface area contributed by atoms with Crippen LogP contribution >= 0.6 is 0 Å². The van der Waals surface area contributed by atoms with Crippen molar-refractivity contribution >= 4 is 0 Å². The summed E-state index contributed by atoms with van der Waals surface area (Å²) < 4.78 is 80.2. The van der Waals surface area contributed by atoms with Gasteiger partial charge in [-0.3, -0.25) is 4.68 Å². The zero-order chi connectivity index (χ0) is 17.7. The summed E-state index contributed by atoms with van der Waals surface area (Å²) in [5.74, 6) is -4.18. The summed E-state index contributed by atoms with van der Waals surface area (Å²) in [6.45, 7) is -0.134. The molecule has 24 heavy (non-hydrogen) atoms. The Morgan fingerprint density at radius 2 is 2.00 bits per heavy atom. The number of hydrogen-bond acceptors (Lipinski definition) is 2. The molecule has 3 rings (SSSR count). The summed E-state index contributed by atoms with van der Waals surface area (Å²) in [4.78, 5) is 0. The van der Waals surface area contributed by atoms with Crippen LogP contribution in [0.25, 0.3) is 0 Å². The second-order valence-electron chi connectivity index (χ2n) is 5.65. The highest BCUT2D eigenvalue weighted by Crippen LogP contribution is 2.48. The van der Waals surface area contributed by atoms with Crippen molar-refractivity contribution in [3.63, 3.8) is 0 Å². The van der Waals surface area contributed by atoms with Gasteiger partial charge in [-0.1, -0.05) is 12.1 Å². The molecule has 1 N–H and O–H groups in total. The summed E-state index contributed by atoms with van der Waals surface area (Å²) in [5, 5.41) is 12.9. The van der Waals surface area contributed by atoms with Crippen LogP contribution in [-0.4, -0.2) is 20.8 Å². The van der Waals surface area contributed by atoms with Crippen molar-refractivity contribution in [2.75, 3.05) is 0 Å². The molecule has 0 saturated carbocycles. The van der Waals surface area contributed by atoms with Gasteiger partial charge in [-0.15, -0.1) is 0 Å². The number of benzene rings is 1. The molecular formula is C15H12F6N2O. The van der Waals surface area contributed by atoms with Gasteiger partial charge in [-0.05, 0) is 24.1 Å². The molecule has 0 aliphatic heterocycles. The molecule has 0 bridgehead atoms. The first-order valence-corrected chi connectivity index (χ1v) is 7.06. The predicted octanol–water partition coefficient (Wildman–Crippen LogP) is 3.51. The maximum Gasteiger partial charge on any atom is 0.435 e. The first-order chi connectivity index (χ1) is 11.1. The monoisotopic (exact) mass is 350 g/mol. The lowest BCUT2D eigenvalue weighted by molar-refractivity contribution is -0.146. The average molecular weight is 350 g/mol. The van der Waals surface area contributed by atoms with Gasteiger partial charge in [0.25, 0.3) is 5.92 Å². The molecule has 0 fully saturated rings. The van der Waals surface area contributed by atoms with Crippen LogP contribution in [0.4, 0.5) is 26.3 Å². The molecule has 2 aromatic rings. The molecule has 0 saturated heterocycles. The topological polar surface area (TPSA) is 38.1 Å². The van der Waals surface area contributed by atoms with Crippen molar-refractivity contribution in [1.82, 2.24) is 9.78 Å². The molecule has 9 heteroatoms. The van der Waals surface area contributed by atoms with Crippen molar-refractivity contribution in [2.45, 2.75) is 37.6 Å². The summed E-state index contributed by atoms with van der Waals surface area (Å²) in [6.07, 6.45) is -8.39. The third-order valence-electron chi connectivity index (χ3n) is 3.94. The molecule has 1 aromatic heterocycles. The van der Waals surface area contributed by atoms with Crippen LogP contribution in [0.2, 0.25) is 0 Å². The highest BCUT2D eigenvalue weighted by molar-refractivity contribution is 5.38. The number of aliphatic hydroxyl groups excluding tert-OH is 1. The number of hydrogen-bond donors (Lipinski definition) is 1. The Morgan fingerprint density at radius 3 is 2.62 bits per heavy atom. The van der Waals surface area contributed by atoms with E-state index in [-0.39, 0.29) is 18.7 Å². The molecule has 0 amide bonds. The Morgan fingerprint density at radius 1 is 1.29 bits per heavy atom. The van der Waals surface area contributed by atoms with Crippen LogP contribution in [-0.2, 0) is 25.6 Å². The minimum Gasteiger partial charge on any atom is -0.382 e. The lowest BCUT2D eigenvalue weighted by Gasteiger charge is -2.15. The molecule has 1 aromatic carbocycles. The van der Waals surface area contributed by atoms with Crippen LogP contribution in [0.1, 0.15) is 28.6 Å². The summed E-state index contributed by atoms with van der Waals surface area (Å²) in [5.41, 5.74) is -2.21. The highest BCUT2D eigenvalue weighted by Gasteiger charge is 2.54. The molecule has 1 heterocycles. The van der Waals surface area contributed by atoms with E-state index in [1.54, 1.807) is 6.07 Å². The summed E-state index contributed by atoms with van der Waals surface area (Å²) >= 11 is 0.